The fraction of sp³-hybridized carbons (Fsp3) is 0.455. The SMILES string of the molecule is CS(=O)(=O)NCCNCc1cc(C(F)(F)F)ccc1Cl. The zero-order chi connectivity index (χ0) is 15.4. The molecule has 0 unspecified atom stereocenters. The van der Waals surface area contributed by atoms with Gasteiger partial charge in [-0.15, -0.1) is 0 Å². The van der Waals surface area contributed by atoms with E-state index in [0.717, 1.165) is 18.4 Å². The monoisotopic (exact) mass is 330 g/mol. The molecule has 0 aliphatic heterocycles. The summed E-state index contributed by atoms with van der Waals surface area (Å²) >= 11 is 5.81. The number of hydrogen-bond donors (Lipinski definition) is 2. The van der Waals surface area contributed by atoms with Gasteiger partial charge in [0.2, 0.25) is 10.0 Å². The first-order valence-corrected chi connectivity index (χ1v) is 7.87. The van der Waals surface area contributed by atoms with Crippen LogP contribution < -0.4 is 10.0 Å². The van der Waals surface area contributed by atoms with Gasteiger partial charge in [-0.05, 0) is 23.8 Å². The fourth-order valence-electron chi connectivity index (χ4n) is 1.43. The number of rotatable bonds is 6. The Hall–Kier alpha value is -0.830. The summed E-state index contributed by atoms with van der Waals surface area (Å²) in [5.74, 6) is 0. The van der Waals surface area contributed by atoms with E-state index in [1.807, 2.05) is 0 Å². The number of benzene rings is 1. The molecule has 0 radical (unpaired) electrons. The summed E-state index contributed by atoms with van der Waals surface area (Å²) in [5.41, 5.74) is -0.464. The second-order valence-electron chi connectivity index (χ2n) is 4.15. The minimum absolute atomic E-state index is 0.119. The largest absolute Gasteiger partial charge is 0.416 e. The van der Waals surface area contributed by atoms with E-state index in [9.17, 15) is 21.6 Å². The van der Waals surface area contributed by atoms with Crippen LogP contribution in [0.15, 0.2) is 18.2 Å². The lowest BCUT2D eigenvalue weighted by Crippen LogP contribution is -2.30. The highest BCUT2D eigenvalue weighted by Gasteiger charge is 2.30. The molecule has 0 saturated heterocycles. The minimum Gasteiger partial charge on any atom is -0.311 e. The topological polar surface area (TPSA) is 58.2 Å². The smallest absolute Gasteiger partial charge is 0.311 e. The van der Waals surface area contributed by atoms with E-state index in [0.29, 0.717) is 5.56 Å². The molecule has 0 fully saturated rings. The predicted molar refractivity (Wildman–Crippen MR) is 71.0 cm³/mol. The van der Waals surface area contributed by atoms with Crippen molar-refractivity contribution in [1.82, 2.24) is 10.0 Å². The van der Waals surface area contributed by atoms with Gasteiger partial charge in [0, 0.05) is 24.7 Å². The molecule has 0 amide bonds. The molecular weight excluding hydrogens is 317 g/mol. The van der Waals surface area contributed by atoms with Gasteiger partial charge >= 0.3 is 6.18 Å². The van der Waals surface area contributed by atoms with Crippen LogP contribution in [0.2, 0.25) is 5.02 Å². The summed E-state index contributed by atoms with van der Waals surface area (Å²) in [6, 6.07) is 3.08. The van der Waals surface area contributed by atoms with Crippen molar-refractivity contribution in [2.24, 2.45) is 0 Å². The van der Waals surface area contributed by atoms with Crippen LogP contribution in [0.1, 0.15) is 11.1 Å². The molecule has 2 N–H and O–H groups in total. The Morgan fingerprint density at radius 3 is 2.45 bits per heavy atom. The van der Waals surface area contributed by atoms with Gasteiger partial charge in [-0.1, -0.05) is 11.6 Å². The average Bonchev–Trinajstić information content (AvgIpc) is 2.28. The van der Waals surface area contributed by atoms with Gasteiger partial charge in [0.25, 0.3) is 0 Å². The van der Waals surface area contributed by atoms with Gasteiger partial charge in [-0.3, -0.25) is 0 Å². The van der Waals surface area contributed by atoms with E-state index in [1.165, 1.54) is 6.07 Å². The average molecular weight is 331 g/mol. The Morgan fingerprint density at radius 2 is 1.90 bits per heavy atom. The lowest BCUT2D eigenvalue weighted by atomic mass is 10.1. The number of nitrogens with one attached hydrogen (secondary N) is 2. The molecule has 1 rings (SSSR count). The van der Waals surface area contributed by atoms with Crippen molar-refractivity contribution < 1.29 is 21.6 Å². The third kappa shape index (κ3) is 6.08. The molecule has 0 atom stereocenters. The van der Waals surface area contributed by atoms with Crippen molar-refractivity contribution in [2.75, 3.05) is 19.3 Å². The molecule has 20 heavy (non-hydrogen) atoms. The molecule has 0 aliphatic carbocycles. The number of alkyl halides is 3. The number of hydrogen-bond acceptors (Lipinski definition) is 3. The van der Waals surface area contributed by atoms with E-state index < -0.39 is 21.8 Å². The summed E-state index contributed by atoms with van der Waals surface area (Å²) in [4.78, 5) is 0. The van der Waals surface area contributed by atoms with E-state index in [2.05, 4.69) is 10.0 Å². The van der Waals surface area contributed by atoms with Crippen LogP contribution in [0.4, 0.5) is 13.2 Å². The molecule has 0 spiro atoms. The van der Waals surface area contributed by atoms with Gasteiger partial charge in [0.1, 0.15) is 0 Å². The normalized spacial score (nSPS) is 12.7. The standard InChI is InChI=1S/C11H14ClF3N2O2S/c1-20(18,19)17-5-4-16-7-8-6-9(11(13,14)15)2-3-10(8)12/h2-3,6,16-17H,4-5,7H2,1H3. The van der Waals surface area contributed by atoms with Crippen molar-refractivity contribution in [1.29, 1.82) is 0 Å². The van der Waals surface area contributed by atoms with Crippen LogP contribution in [0, 0.1) is 0 Å². The first-order valence-electron chi connectivity index (χ1n) is 5.60. The van der Waals surface area contributed by atoms with Crippen LogP contribution in [0.5, 0.6) is 0 Å². The summed E-state index contributed by atoms with van der Waals surface area (Å²) in [5, 5.41) is 3.04. The van der Waals surface area contributed by atoms with Crippen molar-refractivity contribution in [3.05, 3.63) is 34.3 Å². The Balaban J connectivity index is 2.56. The summed E-state index contributed by atoms with van der Waals surface area (Å²) in [6.45, 7) is 0.545. The molecule has 0 saturated carbocycles. The Labute approximate surface area is 120 Å². The maximum absolute atomic E-state index is 12.5. The van der Waals surface area contributed by atoms with Gasteiger partial charge in [0.05, 0.1) is 11.8 Å². The summed E-state index contributed by atoms with van der Waals surface area (Å²) in [6.07, 6.45) is -3.39. The molecule has 1 aromatic rings. The highest BCUT2D eigenvalue weighted by Crippen LogP contribution is 2.31. The second-order valence-corrected chi connectivity index (χ2v) is 6.39. The molecule has 0 bridgehead atoms. The van der Waals surface area contributed by atoms with Crippen LogP contribution in [-0.2, 0) is 22.7 Å². The molecule has 0 heterocycles. The first kappa shape index (κ1) is 17.2. The Bertz CT molecular complexity index is 561. The maximum atomic E-state index is 12.5. The predicted octanol–water partition coefficient (Wildman–Crippen LogP) is 2.00. The summed E-state index contributed by atoms with van der Waals surface area (Å²) in [7, 11) is -3.27. The maximum Gasteiger partial charge on any atom is 0.416 e. The molecule has 0 aromatic heterocycles. The van der Waals surface area contributed by atoms with Crippen LogP contribution in [-0.4, -0.2) is 27.8 Å². The summed E-state index contributed by atoms with van der Waals surface area (Å²) < 4.78 is 61.4. The third-order valence-electron chi connectivity index (χ3n) is 2.35. The fourth-order valence-corrected chi connectivity index (χ4v) is 2.09. The lowest BCUT2D eigenvalue weighted by Gasteiger charge is -2.11. The van der Waals surface area contributed by atoms with Gasteiger partial charge in [0.15, 0.2) is 0 Å². The minimum atomic E-state index is -4.42. The van der Waals surface area contributed by atoms with Crippen LogP contribution >= 0.6 is 11.6 Å². The van der Waals surface area contributed by atoms with Crippen molar-refractivity contribution in [3.8, 4) is 0 Å². The van der Waals surface area contributed by atoms with Crippen LogP contribution in [0.3, 0.4) is 0 Å². The zero-order valence-corrected chi connectivity index (χ0v) is 12.2. The number of halogens is 4. The second kappa shape index (κ2) is 6.75. The van der Waals surface area contributed by atoms with E-state index >= 15 is 0 Å². The first-order chi connectivity index (χ1) is 9.09. The third-order valence-corrected chi connectivity index (χ3v) is 3.45. The highest BCUT2D eigenvalue weighted by atomic mass is 35.5. The lowest BCUT2D eigenvalue weighted by molar-refractivity contribution is -0.137. The highest BCUT2D eigenvalue weighted by molar-refractivity contribution is 7.88. The number of sulfonamides is 1. The van der Waals surface area contributed by atoms with Crippen molar-refractivity contribution in [3.63, 3.8) is 0 Å². The van der Waals surface area contributed by atoms with E-state index in [-0.39, 0.29) is 24.7 Å². The van der Waals surface area contributed by atoms with Crippen molar-refractivity contribution in [2.45, 2.75) is 12.7 Å². The zero-order valence-electron chi connectivity index (χ0n) is 10.6. The quantitative estimate of drug-likeness (QED) is 0.784. The van der Waals surface area contributed by atoms with Gasteiger partial charge < -0.3 is 5.32 Å². The molecular formula is C11H14ClF3N2O2S. The molecule has 0 aliphatic rings. The molecule has 1 aromatic carbocycles. The van der Waals surface area contributed by atoms with E-state index in [1.54, 1.807) is 0 Å². The Kier molecular flexibility index (Phi) is 5.81. The van der Waals surface area contributed by atoms with E-state index in [4.69, 9.17) is 11.6 Å². The van der Waals surface area contributed by atoms with Gasteiger partial charge in [-0.25, -0.2) is 13.1 Å². The Morgan fingerprint density at radius 1 is 1.25 bits per heavy atom. The van der Waals surface area contributed by atoms with Crippen LogP contribution in [0.25, 0.3) is 0 Å². The van der Waals surface area contributed by atoms with Gasteiger partial charge in [-0.2, -0.15) is 13.2 Å². The molecule has 4 nitrogen and oxygen atoms in total. The molecule has 9 heteroatoms. The van der Waals surface area contributed by atoms with Crippen molar-refractivity contribution >= 4 is 21.6 Å². The molecule has 114 valence electrons.